The Morgan fingerprint density at radius 3 is 2.84 bits per heavy atom. The van der Waals surface area contributed by atoms with Crippen LogP contribution >= 0.6 is 0 Å². The van der Waals surface area contributed by atoms with Crippen molar-refractivity contribution in [1.29, 1.82) is 0 Å². The zero-order valence-corrected chi connectivity index (χ0v) is 14.3. The van der Waals surface area contributed by atoms with Crippen molar-refractivity contribution < 1.29 is 14.3 Å². The highest BCUT2D eigenvalue weighted by Gasteiger charge is 2.40. The number of aromatic amines is 1. The molecule has 0 saturated heterocycles. The first-order valence-electron chi connectivity index (χ1n) is 8.84. The second kappa shape index (κ2) is 6.78. The molecule has 2 aliphatic rings. The number of nitrogens with zero attached hydrogens (tertiary/aromatic N) is 1. The molecule has 2 N–H and O–H groups in total. The van der Waals surface area contributed by atoms with Gasteiger partial charge in [-0.1, -0.05) is 18.6 Å². The Balaban J connectivity index is 1.34. The normalized spacial score (nSPS) is 24.3. The third-order valence-corrected chi connectivity index (χ3v) is 5.37. The highest BCUT2D eigenvalue weighted by atomic mass is 16.5. The molecule has 132 valence electrons. The van der Waals surface area contributed by atoms with Crippen LogP contribution in [0.15, 0.2) is 30.3 Å². The van der Waals surface area contributed by atoms with E-state index in [9.17, 15) is 4.79 Å². The minimum absolute atomic E-state index is 0.0997. The molecular weight excluding hydrogens is 318 g/mol. The van der Waals surface area contributed by atoms with E-state index >= 15 is 0 Å². The largest absolute Gasteiger partial charge is 0.493 e. The zero-order chi connectivity index (χ0) is 17.2. The maximum atomic E-state index is 12.4. The van der Waals surface area contributed by atoms with Gasteiger partial charge in [0.2, 0.25) is 0 Å². The summed E-state index contributed by atoms with van der Waals surface area (Å²) in [5.74, 6) is 2.70. The van der Waals surface area contributed by atoms with Gasteiger partial charge in [0.1, 0.15) is 12.3 Å². The first kappa shape index (κ1) is 16.0. The molecule has 0 radical (unpaired) electrons. The van der Waals surface area contributed by atoms with Crippen molar-refractivity contribution in [2.24, 2.45) is 11.8 Å². The Morgan fingerprint density at radius 1 is 1.28 bits per heavy atom. The molecule has 0 unspecified atom stereocenters. The molecule has 25 heavy (non-hydrogen) atoms. The van der Waals surface area contributed by atoms with E-state index in [-0.39, 0.29) is 5.91 Å². The van der Waals surface area contributed by atoms with Crippen LogP contribution in [0.1, 0.15) is 41.9 Å². The van der Waals surface area contributed by atoms with Gasteiger partial charge in [-0.3, -0.25) is 9.89 Å². The number of hydrogen-bond acceptors (Lipinski definition) is 4. The van der Waals surface area contributed by atoms with Gasteiger partial charge >= 0.3 is 0 Å². The highest BCUT2D eigenvalue weighted by Crippen LogP contribution is 2.44. The Hall–Kier alpha value is -2.50. The summed E-state index contributed by atoms with van der Waals surface area (Å²) in [6.07, 6.45) is 4.95. The number of nitrogens with one attached hydrogen (secondary N) is 2. The molecule has 2 aliphatic carbocycles. The van der Waals surface area contributed by atoms with E-state index < -0.39 is 0 Å². The summed E-state index contributed by atoms with van der Waals surface area (Å²) in [5, 5.41) is 10.2. The van der Waals surface area contributed by atoms with Gasteiger partial charge in [0.05, 0.1) is 12.8 Å². The molecule has 6 heteroatoms. The molecule has 1 aromatic carbocycles. The molecule has 2 bridgehead atoms. The Kier molecular flexibility index (Phi) is 4.34. The van der Waals surface area contributed by atoms with Crippen LogP contribution in [0.3, 0.4) is 0 Å². The third-order valence-electron chi connectivity index (χ3n) is 5.37. The predicted molar refractivity (Wildman–Crippen MR) is 92.6 cm³/mol. The standard InChI is InChI=1S/C19H23N3O3/c1-24-17-4-2-3-5-18(17)25-11-14-10-16(22-21-14)19(23)20-15-9-12-6-7-13(15)8-12/h2-5,10,12-13,15H,6-9,11H2,1H3,(H,20,23)(H,21,22)/t12-,13+,15+/m0/s1. The van der Waals surface area contributed by atoms with Gasteiger partial charge in [-0.2, -0.15) is 5.10 Å². The summed E-state index contributed by atoms with van der Waals surface area (Å²) in [4.78, 5) is 12.4. The lowest BCUT2D eigenvalue weighted by Gasteiger charge is -2.22. The average Bonchev–Trinajstić information content (AvgIpc) is 3.37. The lowest BCUT2D eigenvalue weighted by atomic mass is 9.95. The van der Waals surface area contributed by atoms with Crippen LogP contribution in [-0.4, -0.2) is 29.3 Å². The molecule has 3 atom stereocenters. The molecule has 4 rings (SSSR count). The number of carbonyl (C=O) groups excluding carboxylic acids is 1. The number of ether oxygens (including phenoxy) is 2. The lowest BCUT2D eigenvalue weighted by Crippen LogP contribution is -2.38. The van der Waals surface area contributed by atoms with Crippen LogP contribution in [0.5, 0.6) is 11.5 Å². The number of amides is 1. The first-order chi connectivity index (χ1) is 12.2. The number of fused-ring (bicyclic) bond motifs is 2. The Bertz CT molecular complexity index is 758. The summed E-state index contributed by atoms with van der Waals surface area (Å²) in [6.45, 7) is 0.300. The van der Waals surface area contributed by atoms with E-state index in [1.807, 2.05) is 24.3 Å². The van der Waals surface area contributed by atoms with E-state index in [0.717, 1.165) is 18.0 Å². The fourth-order valence-corrected chi connectivity index (χ4v) is 4.11. The number of H-pyrrole nitrogens is 1. The molecule has 6 nitrogen and oxygen atoms in total. The van der Waals surface area contributed by atoms with Crippen molar-refractivity contribution in [1.82, 2.24) is 15.5 Å². The number of benzene rings is 1. The summed E-state index contributed by atoms with van der Waals surface area (Å²) >= 11 is 0. The summed E-state index contributed by atoms with van der Waals surface area (Å²) < 4.78 is 11.0. The van der Waals surface area contributed by atoms with Crippen molar-refractivity contribution in [3.05, 3.63) is 41.7 Å². The smallest absolute Gasteiger partial charge is 0.272 e. The number of carbonyl (C=O) groups is 1. The van der Waals surface area contributed by atoms with Crippen molar-refractivity contribution in [3.8, 4) is 11.5 Å². The second-order valence-corrected chi connectivity index (χ2v) is 6.97. The van der Waals surface area contributed by atoms with E-state index in [4.69, 9.17) is 9.47 Å². The maximum Gasteiger partial charge on any atom is 0.272 e. The summed E-state index contributed by atoms with van der Waals surface area (Å²) in [5.41, 5.74) is 1.17. The van der Waals surface area contributed by atoms with Crippen LogP contribution in [0.4, 0.5) is 0 Å². The van der Waals surface area contributed by atoms with Crippen molar-refractivity contribution in [2.45, 2.75) is 38.3 Å². The average molecular weight is 341 g/mol. The topological polar surface area (TPSA) is 76.2 Å². The van der Waals surface area contributed by atoms with Gasteiger partial charge < -0.3 is 14.8 Å². The molecule has 1 amide bonds. The number of aromatic nitrogens is 2. The van der Waals surface area contributed by atoms with Crippen molar-refractivity contribution in [3.63, 3.8) is 0 Å². The quantitative estimate of drug-likeness (QED) is 0.847. The molecular formula is C19H23N3O3. The highest BCUT2D eigenvalue weighted by molar-refractivity contribution is 5.92. The Labute approximate surface area is 146 Å². The van der Waals surface area contributed by atoms with E-state index in [1.165, 1.54) is 19.3 Å². The zero-order valence-electron chi connectivity index (χ0n) is 14.3. The van der Waals surface area contributed by atoms with Crippen molar-refractivity contribution >= 4 is 5.91 Å². The third kappa shape index (κ3) is 3.34. The molecule has 2 fully saturated rings. The molecule has 2 saturated carbocycles. The second-order valence-electron chi connectivity index (χ2n) is 6.97. The van der Waals surface area contributed by atoms with Crippen LogP contribution in [0.25, 0.3) is 0 Å². The molecule has 1 aromatic heterocycles. The molecule has 0 aliphatic heterocycles. The summed E-state index contributed by atoms with van der Waals surface area (Å²) in [6, 6.07) is 9.53. The first-order valence-corrected chi connectivity index (χ1v) is 8.84. The van der Waals surface area contributed by atoms with Gasteiger partial charge in [-0.25, -0.2) is 0 Å². The van der Waals surface area contributed by atoms with E-state index in [0.29, 0.717) is 35.8 Å². The molecule has 2 aromatic rings. The number of rotatable bonds is 6. The van der Waals surface area contributed by atoms with Crippen LogP contribution in [-0.2, 0) is 6.61 Å². The monoisotopic (exact) mass is 341 g/mol. The summed E-state index contributed by atoms with van der Waals surface area (Å²) in [7, 11) is 1.61. The fourth-order valence-electron chi connectivity index (χ4n) is 4.11. The molecule has 1 heterocycles. The Morgan fingerprint density at radius 2 is 2.12 bits per heavy atom. The number of methoxy groups -OCH3 is 1. The van der Waals surface area contributed by atoms with Gasteiger partial charge in [-0.15, -0.1) is 0 Å². The predicted octanol–water partition coefficient (Wildman–Crippen LogP) is 2.92. The van der Waals surface area contributed by atoms with Gasteiger partial charge in [0.25, 0.3) is 5.91 Å². The number of hydrogen-bond donors (Lipinski definition) is 2. The van der Waals surface area contributed by atoms with E-state index in [1.54, 1.807) is 13.2 Å². The fraction of sp³-hybridized carbons (Fsp3) is 0.474. The maximum absolute atomic E-state index is 12.4. The van der Waals surface area contributed by atoms with E-state index in [2.05, 4.69) is 15.5 Å². The minimum Gasteiger partial charge on any atom is -0.493 e. The van der Waals surface area contributed by atoms with Crippen LogP contribution in [0.2, 0.25) is 0 Å². The van der Waals surface area contributed by atoms with Gasteiger partial charge in [0, 0.05) is 6.04 Å². The lowest BCUT2D eigenvalue weighted by molar-refractivity contribution is 0.0918. The van der Waals surface area contributed by atoms with Gasteiger partial charge in [-0.05, 0) is 49.3 Å². The van der Waals surface area contributed by atoms with Gasteiger partial charge in [0.15, 0.2) is 11.5 Å². The SMILES string of the molecule is COc1ccccc1OCc1cc(C(=O)N[C@@H]2C[C@H]3CC[C@@H]2C3)n[nH]1. The molecule has 0 spiro atoms. The van der Waals surface area contributed by atoms with Crippen LogP contribution < -0.4 is 14.8 Å². The number of para-hydroxylation sites is 2. The van der Waals surface area contributed by atoms with Crippen molar-refractivity contribution in [2.75, 3.05) is 7.11 Å². The van der Waals surface area contributed by atoms with Crippen LogP contribution in [0, 0.1) is 11.8 Å². The minimum atomic E-state index is -0.0997.